The Hall–Kier alpha value is -1.26. The Morgan fingerprint density at radius 1 is 1.26 bits per heavy atom. The highest BCUT2D eigenvalue weighted by Crippen LogP contribution is 2.22. The van der Waals surface area contributed by atoms with Crippen LogP contribution in [0.3, 0.4) is 0 Å². The van der Waals surface area contributed by atoms with Crippen molar-refractivity contribution in [2.75, 3.05) is 6.54 Å². The van der Waals surface area contributed by atoms with E-state index in [9.17, 15) is 9.59 Å². The molecule has 0 aromatic heterocycles. The zero-order valence-corrected chi connectivity index (χ0v) is 12.2. The first-order valence-electron chi connectivity index (χ1n) is 7.19. The minimum Gasteiger partial charge on any atom is -0.480 e. The van der Waals surface area contributed by atoms with Crippen molar-refractivity contribution >= 4 is 12.0 Å². The number of nitrogens with zero attached hydrogens (tertiary/aromatic N) is 1. The van der Waals surface area contributed by atoms with Crippen LogP contribution in [0.1, 0.15) is 52.9 Å². The third-order valence-electron chi connectivity index (χ3n) is 3.77. The number of urea groups is 1. The zero-order valence-electron chi connectivity index (χ0n) is 12.2. The van der Waals surface area contributed by atoms with E-state index in [0.717, 1.165) is 31.6 Å². The van der Waals surface area contributed by atoms with Crippen LogP contribution in [-0.2, 0) is 4.79 Å². The molecule has 1 fully saturated rings. The van der Waals surface area contributed by atoms with Crippen LogP contribution >= 0.6 is 0 Å². The molecule has 0 heterocycles. The Bertz CT molecular complexity index is 318. The molecule has 1 aliphatic rings. The van der Waals surface area contributed by atoms with Crippen molar-refractivity contribution in [2.45, 2.75) is 65.0 Å². The molecule has 0 bridgehead atoms. The second-order valence-corrected chi connectivity index (χ2v) is 5.88. The molecule has 2 unspecified atom stereocenters. The average molecular weight is 270 g/mol. The molecular formula is C14H26N2O3. The second-order valence-electron chi connectivity index (χ2n) is 5.88. The van der Waals surface area contributed by atoms with Crippen LogP contribution in [0, 0.1) is 5.92 Å². The summed E-state index contributed by atoms with van der Waals surface area (Å²) in [5, 5.41) is 11.8. The van der Waals surface area contributed by atoms with E-state index in [1.165, 1.54) is 11.3 Å². The van der Waals surface area contributed by atoms with E-state index >= 15 is 0 Å². The lowest BCUT2D eigenvalue weighted by Crippen LogP contribution is -2.49. The number of nitrogens with one attached hydrogen (secondary N) is 1. The summed E-state index contributed by atoms with van der Waals surface area (Å²) in [6.45, 7) is 5.66. The predicted octanol–water partition coefficient (Wildman–Crippen LogP) is 2.46. The van der Waals surface area contributed by atoms with E-state index in [2.05, 4.69) is 12.2 Å². The monoisotopic (exact) mass is 270 g/mol. The number of hydrogen-bond acceptors (Lipinski definition) is 2. The quantitative estimate of drug-likeness (QED) is 0.771. The van der Waals surface area contributed by atoms with E-state index in [1.54, 1.807) is 0 Å². The number of aliphatic carboxylic acids is 1. The third-order valence-corrected chi connectivity index (χ3v) is 3.77. The first-order valence-corrected chi connectivity index (χ1v) is 7.19. The minimum absolute atomic E-state index is 0.110. The van der Waals surface area contributed by atoms with E-state index in [1.807, 2.05) is 13.8 Å². The fraction of sp³-hybridized carbons (Fsp3) is 0.857. The molecule has 2 amide bonds. The number of carboxylic acid groups (broad SMARTS) is 1. The molecule has 5 nitrogen and oxygen atoms in total. The maximum Gasteiger partial charge on any atom is 0.323 e. The molecule has 2 atom stereocenters. The van der Waals surface area contributed by atoms with Crippen molar-refractivity contribution in [1.29, 1.82) is 0 Å². The van der Waals surface area contributed by atoms with E-state index in [0.29, 0.717) is 0 Å². The number of rotatable bonds is 4. The first-order chi connectivity index (χ1) is 8.90. The molecule has 1 aliphatic carbocycles. The summed E-state index contributed by atoms with van der Waals surface area (Å²) in [6.07, 6.45) is 5.47. The van der Waals surface area contributed by atoms with Gasteiger partial charge in [-0.15, -0.1) is 0 Å². The molecule has 1 saturated carbocycles. The van der Waals surface area contributed by atoms with E-state index < -0.39 is 5.97 Å². The highest BCUT2D eigenvalue weighted by atomic mass is 16.4. The van der Waals surface area contributed by atoms with Crippen LogP contribution < -0.4 is 5.32 Å². The van der Waals surface area contributed by atoms with Crippen molar-refractivity contribution < 1.29 is 14.7 Å². The van der Waals surface area contributed by atoms with Gasteiger partial charge in [0.25, 0.3) is 0 Å². The summed E-state index contributed by atoms with van der Waals surface area (Å²) in [4.78, 5) is 24.3. The van der Waals surface area contributed by atoms with Crippen molar-refractivity contribution in [2.24, 2.45) is 5.92 Å². The molecule has 0 spiro atoms. The van der Waals surface area contributed by atoms with Crippen molar-refractivity contribution in [3.8, 4) is 0 Å². The fourth-order valence-corrected chi connectivity index (χ4v) is 2.52. The summed E-state index contributed by atoms with van der Waals surface area (Å²) in [5.74, 6) is -0.250. The van der Waals surface area contributed by atoms with Gasteiger partial charge in [-0.25, -0.2) is 4.79 Å². The predicted molar refractivity (Wildman–Crippen MR) is 74.0 cm³/mol. The molecule has 0 aromatic carbocycles. The molecular weight excluding hydrogens is 244 g/mol. The molecule has 0 aliphatic heterocycles. The lowest BCUT2D eigenvalue weighted by atomic mass is 10.0. The number of hydrogen-bond donors (Lipinski definition) is 2. The van der Waals surface area contributed by atoms with Gasteiger partial charge in [0.2, 0.25) is 0 Å². The van der Waals surface area contributed by atoms with Gasteiger partial charge in [-0.1, -0.05) is 19.8 Å². The van der Waals surface area contributed by atoms with Crippen LogP contribution in [-0.4, -0.2) is 40.6 Å². The molecule has 5 heteroatoms. The topological polar surface area (TPSA) is 69.6 Å². The normalized spacial score (nSPS) is 23.8. The standard InChI is InChI=1S/C14H26N2O3/c1-10(2)16(9-13(17)18)14(19)15-12-6-4-5-11(3)7-8-12/h10-12H,4-9H2,1-3H3,(H,15,19)(H,17,18). The fourth-order valence-electron chi connectivity index (χ4n) is 2.52. The van der Waals surface area contributed by atoms with Gasteiger partial charge in [0, 0.05) is 12.1 Å². The van der Waals surface area contributed by atoms with Gasteiger partial charge in [-0.05, 0) is 39.0 Å². The van der Waals surface area contributed by atoms with Crippen LogP contribution in [0.5, 0.6) is 0 Å². The van der Waals surface area contributed by atoms with Gasteiger partial charge in [0.15, 0.2) is 0 Å². The number of carbonyl (C=O) groups excluding carboxylic acids is 1. The summed E-state index contributed by atoms with van der Waals surface area (Å²) < 4.78 is 0. The molecule has 0 saturated heterocycles. The van der Waals surface area contributed by atoms with Crippen molar-refractivity contribution in [3.05, 3.63) is 0 Å². The molecule has 1 rings (SSSR count). The van der Waals surface area contributed by atoms with E-state index in [-0.39, 0.29) is 24.7 Å². The van der Waals surface area contributed by atoms with Gasteiger partial charge in [0.1, 0.15) is 6.54 Å². The molecule has 0 radical (unpaired) electrons. The van der Waals surface area contributed by atoms with Gasteiger partial charge in [0.05, 0.1) is 0 Å². The number of carbonyl (C=O) groups is 2. The second kappa shape index (κ2) is 7.36. The Labute approximate surface area is 115 Å². The molecule has 110 valence electrons. The summed E-state index contributed by atoms with van der Waals surface area (Å²) in [6, 6.07) is -0.176. The van der Waals surface area contributed by atoms with Gasteiger partial charge in [-0.2, -0.15) is 0 Å². The average Bonchev–Trinajstić information content (AvgIpc) is 2.50. The zero-order chi connectivity index (χ0) is 14.4. The van der Waals surface area contributed by atoms with Gasteiger partial charge in [-0.3, -0.25) is 4.79 Å². The highest BCUT2D eigenvalue weighted by Gasteiger charge is 2.23. The van der Waals surface area contributed by atoms with E-state index in [4.69, 9.17) is 5.11 Å². The summed E-state index contributed by atoms with van der Waals surface area (Å²) >= 11 is 0. The number of carboxylic acids is 1. The SMILES string of the molecule is CC1CCCC(NC(=O)N(CC(=O)O)C(C)C)CC1. The van der Waals surface area contributed by atoms with Crippen LogP contribution in [0.4, 0.5) is 4.79 Å². The van der Waals surface area contributed by atoms with Crippen LogP contribution in [0.25, 0.3) is 0 Å². The molecule has 2 N–H and O–H groups in total. The van der Waals surface area contributed by atoms with Crippen molar-refractivity contribution in [3.63, 3.8) is 0 Å². The van der Waals surface area contributed by atoms with Gasteiger partial charge < -0.3 is 15.3 Å². The lowest BCUT2D eigenvalue weighted by Gasteiger charge is -2.27. The third kappa shape index (κ3) is 5.49. The Balaban J connectivity index is 2.53. The van der Waals surface area contributed by atoms with Crippen LogP contribution in [0.2, 0.25) is 0 Å². The maximum absolute atomic E-state index is 12.1. The summed E-state index contributed by atoms with van der Waals surface area (Å²) in [7, 11) is 0. The Kier molecular flexibility index (Phi) is 6.12. The van der Waals surface area contributed by atoms with Crippen LogP contribution in [0.15, 0.2) is 0 Å². The van der Waals surface area contributed by atoms with Crippen molar-refractivity contribution in [1.82, 2.24) is 10.2 Å². The Morgan fingerprint density at radius 3 is 2.53 bits per heavy atom. The first kappa shape index (κ1) is 15.8. The maximum atomic E-state index is 12.1. The van der Waals surface area contributed by atoms with Gasteiger partial charge >= 0.3 is 12.0 Å². The minimum atomic E-state index is -0.974. The smallest absolute Gasteiger partial charge is 0.323 e. The largest absolute Gasteiger partial charge is 0.480 e. The lowest BCUT2D eigenvalue weighted by molar-refractivity contribution is -0.138. The molecule has 19 heavy (non-hydrogen) atoms. The highest BCUT2D eigenvalue weighted by molar-refractivity contribution is 5.80. The molecule has 0 aromatic rings. The number of amides is 2. The summed E-state index contributed by atoms with van der Waals surface area (Å²) in [5.41, 5.74) is 0. The Morgan fingerprint density at radius 2 is 1.95 bits per heavy atom.